The van der Waals surface area contributed by atoms with E-state index in [4.69, 9.17) is 0 Å². The van der Waals surface area contributed by atoms with E-state index < -0.39 is 0 Å². The molecule has 0 saturated carbocycles. The van der Waals surface area contributed by atoms with Crippen molar-refractivity contribution < 1.29 is 4.79 Å². The van der Waals surface area contributed by atoms with Gasteiger partial charge < -0.3 is 10.2 Å². The van der Waals surface area contributed by atoms with Crippen molar-refractivity contribution in [1.29, 1.82) is 0 Å². The molecule has 3 rings (SSSR count). The third-order valence-electron chi connectivity index (χ3n) is 4.75. The summed E-state index contributed by atoms with van der Waals surface area (Å²) in [5, 5.41) is 3.35. The molecule has 2 aliphatic rings. The maximum Gasteiger partial charge on any atom is 0.231 e. The Labute approximate surface area is 121 Å². The number of carbonyl (C=O) groups excluding carboxylic acids is 1. The standard InChI is InChI=1S/C17H24N2O/c1-2-5-13-8-10-19(11-9-13)17(20)15-12-18-16-7-4-3-6-14(15)16/h3-4,6-7,13,15,18H,2,5,8-12H2,1H3. The highest BCUT2D eigenvalue weighted by Crippen LogP contribution is 2.33. The minimum absolute atomic E-state index is 0.0222. The van der Waals surface area contributed by atoms with Crippen LogP contribution in [0.15, 0.2) is 24.3 Å². The van der Waals surface area contributed by atoms with Crippen molar-refractivity contribution in [3.8, 4) is 0 Å². The molecule has 0 aromatic heterocycles. The quantitative estimate of drug-likeness (QED) is 0.916. The van der Waals surface area contributed by atoms with Crippen molar-refractivity contribution in [2.45, 2.75) is 38.5 Å². The molecule has 20 heavy (non-hydrogen) atoms. The van der Waals surface area contributed by atoms with Gasteiger partial charge >= 0.3 is 0 Å². The number of benzene rings is 1. The van der Waals surface area contributed by atoms with E-state index in [0.717, 1.165) is 31.2 Å². The lowest BCUT2D eigenvalue weighted by Crippen LogP contribution is -2.41. The molecule has 1 fully saturated rings. The van der Waals surface area contributed by atoms with Gasteiger partial charge in [0.1, 0.15) is 0 Å². The van der Waals surface area contributed by atoms with E-state index >= 15 is 0 Å². The van der Waals surface area contributed by atoms with Crippen LogP contribution in [0.3, 0.4) is 0 Å². The normalized spacial score (nSPS) is 22.4. The maximum absolute atomic E-state index is 12.7. The number of anilines is 1. The molecular formula is C17H24N2O. The lowest BCUT2D eigenvalue weighted by atomic mass is 9.91. The highest BCUT2D eigenvalue weighted by atomic mass is 16.2. The van der Waals surface area contributed by atoms with Crippen LogP contribution in [-0.4, -0.2) is 30.4 Å². The molecule has 1 aromatic carbocycles. The maximum atomic E-state index is 12.7. The van der Waals surface area contributed by atoms with Gasteiger partial charge in [-0.05, 0) is 30.4 Å². The number of fused-ring (bicyclic) bond motifs is 1. The van der Waals surface area contributed by atoms with Crippen molar-refractivity contribution in [2.75, 3.05) is 25.0 Å². The molecule has 2 heterocycles. The van der Waals surface area contributed by atoms with Gasteiger partial charge in [-0.15, -0.1) is 0 Å². The summed E-state index contributed by atoms with van der Waals surface area (Å²) in [6.07, 6.45) is 4.94. The van der Waals surface area contributed by atoms with Crippen LogP contribution in [0, 0.1) is 5.92 Å². The summed E-state index contributed by atoms with van der Waals surface area (Å²) in [7, 11) is 0. The molecule has 1 unspecified atom stereocenters. The summed E-state index contributed by atoms with van der Waals surface area (Å²) < 4.78 is 0. The monoisotopic (exact) mass is 272 g/mol. The fraction of sp³-hybridized carbons (Fsp3) is 0.588. The second-order valence-corrected chi connectivity index (χ2v) is 6.08. The molecule has 0 radical (unpaired) electrons. The molecule has 1 aromatic rings. The Morgan fingerprint density at radius 2 is 2.05 bits per heavy atom. The topological polar surface area (TPSA) is 32.3 Å². The van der Waals surface area contributed by atoms with Gasteiger partial charge in [-0.3, -0.25) is 4.79 Å². The molecule has 3 nitrogen and oxygen atoms in total. The highest BCUT2D eigenvalue weighted by Gasteiger charge is 2.33. The van der Waals surface area contributed by atoms with Crippen molar-refractivity contribution in [3.63, 3.8) is 0 Å². The van der Waals surface area contributed by atoms with Gasteiger partial charge in [-0.25, -0.2) is 0 Å². The van der Waals surface area contributed by atoms with Gasteiger partial charge in [-0.1, -0.05) is 38.0 Å². The molecule has 3 heteroatoms. The van der Waals surface area contributed by atoms with Crippen LogP contribution in [-0.2, 0) is 4.79 Å². The molecule has 108 valence electrons. The Morgan fingerprint density at radius 3 is 2.80 bits per heavy atom. The second kappa shape index (κ2) is 5.86. The summed E-state index contributed by atoms with van der Waals surface area (Å²) in [4.78, 5) is 14.8. The lowest BCUT2D eigenvalue weighted by molar-refractivity contribution is -0.133. The summed E-state index contributed by atoms with van der Waals surface area (Å²) >= 11 is 0. The number of nitrogens with one attached hydrogen (secondary N) is 1. The number of nitrogens with zero attached hydrogens (tertiary/aromatic N) is 1. The third-order valence-corrected chi connectivity index (χ3v) is 4.75. The van der Waals surface area contributed by atoms with Crippen LogP contribution in [0.4, 0.5) is 5.69 Å². The van der Waals surface area contributed by atoms with E-state index in [-0.39, 0.29) is 5.92 Å². The molecule has 0 bridgehead atoms. The molecule has 1 saturated heterocycles. The summed E-state index contributed by atoms with van der Waals surface area (Å²) in [6.45, 7) is 4.90. The molecular weight excluding hydrogens is 248 g/mol. The molecule has 1 N–H and O–H groups in total. The molecule has 1 atom stereocenters. The number of likely N-dealkylation sites (tertiary alicyclic amines) is 1. The Balaban J connectivity index is 1.64. The Bertz CT molecular complexity index is 478. The van der Waals surface area contributed by atoms with Crippen LogP contribution in [0.2, 0.25) is 0 Å². The van der Waals surface area contributed by atoms with E-state index in [1.54, 1.807) is 0 Å². The van der Waals surface area contributed by atoms with Crippen molar-refractivity contribution in [1.82, 2.24) is 4.90 Å². The van der Waals surface area contributed by atoms with Gasteiger partial charge in [0, 0.05) is 25.3 Å². The predicted octanol–water partition coefficient (Wildman–Crippen LogP) is 3.23. The van der Waals surface area contributed by atoms with E-state index in [1.165, 1.54) is 31.2 Å². The fourth-order valence-corrected chi connectivity index (χ4v) is 3.57. The number of rotatable bonds is 3. The summed E-state index contributed by atoms with van der Waals surface area (Å²) in [6, 6.07) is 8.20. The number of hydrogen-bond acceptors (Lipinski definition) is 2. The number of piperidine rings is 1. The van der Waals surface area contributed by atoms with Gasteiger partial charge in [0.2, 0.25) is 5.91 Å². The Morgan fingerprint density at radius 1 is 1.30 bits per heavy atom. The van der Waals surface area contributed by atoms with Crippen LogP contribution in [0.25, 0.3) is 0 Å². The number of amides is 1. The first-order valence-corrected chi connectivity index (χ1v) is 7.91. The highest BCUT2D eigenvalue weighted by molar-refractivity contribution is 5.88. The van der Waals surface area contributed by atoms with Crippen LogP contribution in [0.1, 0.15) is 44.1 Å². The summed E-state index contributed by atoms with van der Waals surface area (Å²) in [5.74, 6) is 1.17. The van der Waals surface area contributed by atoms with E-state index in [0.29, 0.717) is 5.91 Å². The smallest absolute Gasteiger partial charge is 0.231 e. The number of carbonyl (C=O) groups is 1. The van der Waals surface area contributed by atoms with Gasteiger partial charge in [-0.2, -0.15) is 0 Å². The Kier molecular flexibility index (Phi) is 3.95. The average Bonchev–Trinajstić information content (AvgIpc) is 2.92. The first-order valence-electron chi connectivity index (χ1n) is 7.91. The van der Waals surface area contributed by atoms with Crippen molar-refractivity contribution in [3.05, 3.63) is 29.8 Å². The first-order chi connectivity index (χ1) is 9.79. The molecule has 2 aliphatic heterocycles. The summed E-state index contributed by atoms with van der Waals surface area (Å²) in [5.41, 5.74) is 2.31. The molecule has 0 aliphatic carbocycles. The number of hydrogen-bond donors (Lipinski definition) is 1. The first kappa shape index (κ1) is 13.5. The zero-order valence-corrected chi connectivity index (χ0v) is 12.3. The average molecular weight is 272 g/mol. The third kappa shape index (κ3) is 2.54. The molecule has 1 amide bonds. The van der Waals surface area contributed by atoms with Crippen molar-refractivity contribution >= 4 is 11.6 Å². The van der Waals surface area contributed by atoms with Crippen molar-refractivity contribution in [2.24, 2.45) is 5.92 Å². The van der Waals surface area contributed by atoms with Gasteiger partial charge in [0.25, 0.3) is 0 Å². The Hall–Kier alpha value is -1.51. The zero-order chi connectivity index (χ0) is 13.9. The van der Waals surface area contributed by atoms with Crippen LogP contribution < -0.4 is 5.32 Å². The van der Waals surface area contributed by atoms with E-state index in [1.807, 2.05) is 12.1 Å². The van der Waals surface area contributed by atoms with E-state index in [9.17, 15) is 4.79 Å². The van der Waals surface area contributed by atoms with Crippen LogP contribution in [0.5, 0.6) is 0 Å². The zero-order valence-electron chi connectivity index (χ0n) is 12.3. The fourth-order valence-electron chi connectivity index (χ4n) is 3.57. The number of para-hydroxylation sites is 1. The molecule has 0 spiro atoms. The van der Waals surface area contributed by atoms with Gasteiger partial charge in [0.05, 0.1) is 5.92 Å². The lowest BCUT2D eigenvalue weighted by Gasteiger charge is -2.33. The van der Waals surface area contributed by atoms with Crippen LogP contribution >= 0.6 is 0 Å². The minimum atomic E-state index is 0.0222. The predicted molar refractivity (Wildman–Crippen MR) is 81.9 cm³/mol. The van der Waals surface area contributed by atoms with E-state index in [2.05, 4.69) is 29.3 Å². The van der Waals surface area contributed by atoms with Gasteiger partial charge in [0.15, 0.2) is 0 Å². The second-order valence-electron chi connectivity index (χ2n) is 6.08. The largest absolute Gasteiger partial charge is 0.384 e. The SMILES string of the molecule is CCCC1CCN(C(=O)C2CNc3ccccc32)CC1. The minimum Gasteiger partial charge on any atom is -0.384 e.